The van der Waals surface area contributed by atoms with Crippen LogP contribution in [-0.4, -0.2) is 24.3 Å². The van der Waals surface area contributed by atoms with Gasteiger partial charge < -0.3 is 14.6 Å². The molecule has 15 heavy (non-hydrogen) atoms. The Morgan fingerprint density at radius 2 is 2.27 bits per heavy atom. The highest BCUT2D eigenvalue weighted by molar-refractivity contribution is 5.93. The molecule has 1 aromatic carbocycles. The van der Waals surface area contributed by atoms with Gasteiger partial charge in [0.25, 0.3) is 0 Å². The fourth-order valence-electron chi connectivity index (χ4n) is 1.73. The maximum absolute atomic E-state index is 11.5. The van der Waals surface area contributed by atoms with Gasteiger partial charge in [0.15, 0.2) is 11.5 Å². The van der Waals surface area contributed by atoms with Gasteiger partial charge in [-0.2, -0.15) is 0 Å². The van der Waals surface area contributed by atoms with Crippen LogP contribution in [-0.2, 0) is 11.2 Å². The molecular formula is C11H12O4. The van der Waals surface area contributed by atoms with Gasteiger partial charge in [0.2, 0.25) is 0 Å². The normalized spacial score (nSPS) is 19.3. The van der Waals surface area contributed by atoms with E-state index in [9.17, 15) is 9.90 Å². The van der Waals surface area contributed by atoms with Crippen LogP contribution in [0, 0.1) is 0 Å². The Labute approximate surface area is 87.4 Å². The monoisotopic (exact) mass is 208 g/mol. The van der Waals surface area contributed by atoms with Crippen LogP contribution < -0.4 is 4.74 Å². The van der Waals surface area contributed by atoms with Crippen LogP contribution in [0.2, 0.25) is 0 Å². The van der Waals surface area contributed by atoms with E-state index in [1.807, 2.05) is 6.92 Å². The van der Waals surface area contributed by atoms with Crippen molar-refractivity contribution in [3.05, 3.63) is 23.3 Å². The number of methoxy groups -OCH3 is 1. The average Bonchev–Trinajstić information content (AvgIpc) is 2.16. The van der Waals surface area contributed by atoms with E-state index < -0.39 is 0 Å². The summed E-state index contributed by atoms with van der Waals surface area (Å²) in [4.78, 5) is 11.5. The molecule has 0 spiro atoms. The van der Waals surface area contributed by atoms with Crippen LogP contribution in [0.1, 0.15) is 22.8 Å². The predicted molar refractivity (Wildman–Crippen MR) is 53.2 cm³/mol. The Morgan fingerprint density at radius 3 is 2.93 bits per heavy atom. The van der Waals surface area contributed by atoms with Crippen LogP contribution in [0.15, 0.2) is 12.1 Å². The minimum atomic E-state index is -0.359. The number of fused-ring (bicyclic) bond motifs is 1. The number of hydrogen-bond donors (Lipinski definition) is 1. The van der Waals surface area contributed by atoms with Gasteiger partial charge in [0.1, 0.15) is 6.10 Å². The smallest absolute Gasteiger partial charge is 0.338 e. The van der Waals surface area contributed by atoms with Crippen molar-refractivity contribution in [3.63, 3.8) is 0 Å². The molecule has 1 aliphatic heterocycles. The summed E-state index contributed by atoms with van der Waals surface area (Å²) >= 11 is 0. The molecule has 1 aliphatic rings. The molecular weight excluding hydrogens is 196 g/mol. The van der Waals surface area contributed by atoms with Crippen molar-refractivity contribution in [2.24, 2.45) is 0 Å². The first-order chi connectivity index (χ1) is 7.11. The van der Waals surface area contributed by atoms with E-state index in [0.29, 0.717) is 17.7 Å². The topological polar surface area (TPSA) is 55.8 Å². The van der Waals surface area contributed by atoms with Crippen molar-refractivity contribution in [1.82, 2.24) is 0 Å². The average molecular weight is 208 g/mol. The number of hydrogen-bond acceptors (Lipinski definition) is 4. The molecule has 0 aliphatic carbocycles. The van der Waals surface area contributed by atoms with Gasteiger partial charge in [-0.3, -0.25) is 0 Å². The van der Waals surface area contributed by atoms with Gasteiger partial charge in [-0.15, -0.1) is 0 Å². The number of carbonyl (C=O) groups excluding carboxylic acids is 1. The lowest BCUT2D eigenvalue weighted by Crippen LogP contribution is -2.25. The van der Waals surface area contributed by atoms with Gasteiger partial charge in [-0.05, 0) is 24.6 Å². The fourth-order valence-corrected chi connectivity index (χ4v) is 1.73. The predicted octanol–water partition coefficient (Wildman–Crippen LogP) is 1.50. The quantitative estimate of drug-likeness (QED) is 0.710. The zero-order valence-electron chi connectivity index (χ0n) is 8.61. The molecule has 4 heteroatoms. The molecule has 0 bridgehead atoms. The Morgan fingerprint density at radius 1 is 1.53 bits per heavy atom. The number of aromatic hydroxyl groups is 1. The Kier molecular flexibility index (Phi) is 2.26. The van der Waals surface area contributed by atoms with Crippen molar-refractivity contribution in [1.29, 1.82) is 0 Å². The third kappa shape index (κ3) is 1.63. The van der Waals surface area contributed by atoms with E-state index in [-0.39, 0.29) is 17.8 Å². The number of rotatable bonds is 1. The summed E-state index contributed by atoms with van der Waals surface area (Å²) in [6.07, 6.45) is 0.483. The molecule has 2 rings (SSSR count). The van der Waals surface area contributed by atoms with Crippen molar-refractivity contribution in [2.75, 3.05) is 7.11 Å². The van der Waals surface area contributed by atoms with E-state index >= 15 is 0 Å². The number of phenolic OH excluding ortho intramolecular Hbond substituents is 1. The van der Waals surface area contributed by atoms with E-state index in [1.54, 1.807) is 6.07 Å². The zero-order chi connectivity index (χ0) is 11.0. The van der Waals surface area contributed by atoms with Crippen LogP contribution in [0.25, 0.3) is 0 Å². The second kappa shape index (κ2) is 3.46. The molecule has 0 saturated heterocycles. The largest absolute Gasteiger partial charge is 0.504 e. The van der Waals surface area contributed by atoms with E-state index in [1.165, 1.54) is 13.2 Å². The zero-order valence-corrected chi connectivity index (χ0v) is 8.61. The number of ether oxygens (including phenoxy) is 2. The Balaban J connectivity index is 2.52. The minimum Gasteiger partial charge on any atom is -0.504 e. The molecule has 0 fully saturated rings. The van der Waals surface area contributed by atoms with Gasteiger partial charge in [-0.1, -0.05) is 0 Å². The third-order valence-corrected chi connectivity index (χ3v) is 2.44. The van der Waals surface area contributed by atoms with Gasteiger partial charge in [-0.25, -0.2) is 4.79 Å². The van der Waals surface area contributed by atoms with Gasteiger partial charge >= 0.3 is 5.97 Å². The first-order valence-electron chi connectivity index (χ1n) is 4.72. The van der Waals surface area contributed by atoms with Crippen LogP contribution in [0.5, 0.6) is 11.5 Å². The molecule has 1 aromatic rings. The van der Waals surface area contributed by atoms with E-state index in [4.69, 9.17) is 9.47 Å². The number of cyclic esters (lactones) is 1. The third-order valence-electron chi connectivity index (χ3n) is 2.44. The Bertz CT molecular complexity index is 411. The van der Waals surface area contributed by atoms with Gasteiger partial charge in [0.05, 0.1) is 12.7 Å². The first kappa shape index (κ1) is 9.83. The highest BCUT2D eigenvalue weighted by atomic mass is 16.5. The maximum atomic E-state index is 11.5. The lowest BCUT2D eigenvalue weighted by atomic mass is 9.98. The molecule has 1 atom stereocenters. The standard InChI is InChI=1S/C11H12O4/c1-6-3-7-4-9(12)10(14-2)5-8(7)11(13)15-6/h4-6,12H,3H2,1-2H3. The summed E-state index contributed by atoms with van der Waals surface area (Å²) in [6.45, 7) is 1.82. The summed E-state index contributed by atoms with van der Waals surface area (Å²) in [7, 11) is 1.44. The van der Waals surface area contributed by atoms with Crippen molar-refractivity contribution < 1.29 is 19.4 Å². The molecule has 1 heterocycles. The highest BCUT2D eigenvalue weighted by Crippen LogP contribution is 2.32. The van der Waals surface area contributed by atoms with Crippen molar-refractivity contribution >= 4 is 5.97 Å². The summed E-state index contributed by atoms with van der Waals surface area (Å²) in [6, 6.07) is 3.07. The summed E-state index contributed by atoms with van der Waals surface area (Å²) in [5.74, 6) is -0.0135. The highest BCUT2D eigenvalue weighted by Gasteiger charge is 2.25. The molecule has 0 saturated carbocycles. The lowest BCUT2D eigenvalue weighted by molar-refractivity contribution is 0.0300. The SMILES string of the molecule is COc1cc2c(cc1O)CC(C)OC2=O. The number of carbonyl (C=O) groups is 1. The van der Waals surface area contributed by atoms with Crippen LogP contribution in [0.3, 0.4) is 0 Å². The molecule has 0 radical (unpaired) electrons. The second-order valence-electron chi connectivity index (χ2n) is 3.60. The van der Waals surface area contributed by atoms with Crippen molar-refractivity contribution in [2.45, 2.75) is 19.4 Å². The molecule has 80 valence electrons. The molecule has 1 N–H and O–H groups in total. The first-order valence-corrected chi connectivity index (χ1v) is 4.72. The van der Waals surface area contributed by atoms with Crippen LogP contribution in [0.4, 0.5) is 0 Å². The van der Waals surface area contributed by atoms with E-state index in [0.717, 1.165) is 5.56 Å². The molecule has 0 amide bonds. The lowest BCUT2D eigenvalue weighted by Gasteiger charge is -2.22. The molecule has 0 aromatic heterocycles. The van der Waals surface area contributed by atoms with Crippen LogP contribution >= 0.6 is 0 Å². The molecule has 4 nitrogen and oxygen atoms in total. The summed E-state index contributed by atoms with van der Waals surface area (Å²) in [5.41, 5.74) is 1.28. The minimum absolute atomic E-state index is 0.0538. The fraction of sp³-hybridized carbons (Fsp3) is 0.364. The second-order valence-corrected chi connectivity index (χ2v) is 3.60. The maximum Gasteiger partial charge on any atom is 0.338 e. The van der Waals surface area contributed by atoms with E-state index in [2.05, 4.69) is 0 Å². The number of esters is 1. The van der Waals surface area contributed by atoms with Crippen molar-refractivity contribution in [3.8, 4) is 11.5 Å². The summed E-state index contributed by atoms with van der Waals surface area (Å²) in [5, 5.41) is 9.56. The Hall–Kier alpha value is -1.71. The van der Waals surface area contributed by atoms with Gasteiger partial charge in [0, 0.05) is 6.42 Å². The number of benzene rings is 1. The molecule has 1 unspecified atom stereocenters. The summed E-state index contributed by atoms with van der Waals surface area (Å²) < 4.78 is 10.0. The number of phenols is 1.